The van der Waals surface area contributed by atoms with Crippen LogP contribution in [0.2, 0.25) is 0 Å². The summed E-state index contributed by atoms with van der Waals surface area (Å²) in [6, 6.07) is 11.9. The minimum Gasteiger partial charge on any atom is -0.466 e. The second-order valence-electron chi connectivity index (χ2n) is 5.05. The van der Waals surface area contributed by atoms with Crippen molar-refractivity contribution in [2.45, 2.75) is 39.7 Å². The minimum atomic E-state index is -0.0679. The summed E-state index contributed by atoms with van der Waals surface area (Å²) in [7, 11) is 0. The molecule has 106 valence electrons. The van der Waals surface area contributed by atoms with E-state index in [4.69, 9.17) is 4.42 Å². The third kappa shape index (κ3) is 3.29. The molecular formula is C17H21NO2. The van der Waals surface area contributed by atoms with Crippen molar-refractivity contribution in [2.75, 3.05) is 0 Å². The fraction of sp³-hybridized carbons (Fsp3) is 0.353. The lowest BCUT2D eigenvalue weighted by Crippen LogP contribution is -2.28. The molecule has 2 rings (SSSR count). The number of carbonyl (C=O) groups is 1. The van der Waals surface area contributed by atoms with Gasteiger partial charge in [-0.05, 0) is 31.9 Å². The van der Waals surface area contributed by atoms with Crippen molar-refractivity contribution >= 4 is 5.91 Å². The Kier molecular flexibility index (Phi) is 4.61. The highest BCUT2D eigenvalue weighted by molar-refractivity contribution is 5.95. The Morgan fingerprint density at radius 3 is 2.50 bits per heavy atom. The van der Waals surface area contributed by atoms with E-state index in [1.807, 2.05) is 44.2 Å². The molecule has 3 heteroatoms. The van der Waals surface area contributed by atoms with Gasteiger partial charge in [0.2, 0.25) is 0 Å². The van der Waals surface area contributed by atoms with Crippen molar-refractivity contribution in [2.24, 2.45) is 0 Å². The van der Waals surface area contributed by atoms with Crippen molar-refractivity contribution < 1.29 is 9.21 Å². The van der Waals surface area contributed by atoms with Crippen LogP contribution in [0.15, 0.2) is 40.8 Å². The average molecular weight is 271 g/mol. The van der Waals surface area contributed by atoms with E-state index in [1.165, 1.54) is 0 Å². The van der Waals surface area contributed by atoms with E-state index in [2.05, 4.69) is 12.2 Å². The van der Waals surface area contributed by atoms with Crippen molar-refractivity contribution in [3.63, 3.8) is 0 Å². The molecule has 0 fully saturated rings. The van der Waals surface area contributed by atoms with Gasteiger partial charge in [0.15, 0.2) is 0 Å². The van der Waals surface area contributed by atoms with Crippen LogP contribution in [0.1, 0.15) is 53.2 Å². The second-order valence-corrected chi connectivity index (χ2v) is 5.05. The van der Waals surface area contributed by atoms with Crippen molar-refractivity contribution in [1.82, 2.24) is 5.32 Å². The summed E-state index contributed by atoms with van der Waals surface area (Å²) in [6.45, 7) is 5.79. The summed E-state index contributed by atoms with van der Waals surface area (Å²) in [5.74, 6) is 1.37. The molecule has 2 aromatic rings. The number of aryl methyl sites for hydroxylation is 2. The minimum absolute atomic E-state index is 0.0447. The molecule has 1 N–H and O–H groups in total. The predicted molar refractivity (Wildman–Crippen MR) is 79.7 cm³/mol. The zero-order valence-electron chi connectivity index (χ0n) is 12.3. The Hall–Kier alpha value is -2.03. The van der Waals surface area contributed by atoms with Crippen LogP contribution in [-0.4, -0.2) is 5.91 Å². The van der Waals surface area contributed by atoms with Gasteiger partial charge >= 0.3 is 0 Å². The van der Waals surface area contributed by atoms with Gasteiger partial charge in [0.05, 0.1) is 11.6 Å². The Bertz CT molecular complexity index is 572. The third-order valence-electron chi connectivity index (χ3n) is 3.37. The van der Waals surface area contributed by atoms with Gasteiger partial charge in [-0.1, -0.05) is 43.7 Å². The lowest BCUT2D eigenvalue weighted by atomic mass is 10.0. The second kappa shape index (κ2) is 6.42. The zero-order valence-corrected chi connectivity index (χ0v) is 12.3. The quantitative estimate of drug-likeness (QED) is 0.887. The monoisotopic (exact) mass is 271 g/mol. The van der Waals surface area contributed by atoms with Gasteiger partial charge < -0.3 is 9.73 Å². The summed E-state index contributed by atoms with van der Waals surface area (Å²) in [5.41, 5.74) is 1.76. The smallest absolute Gasteiger partial charge is 0.255 e. The molecule has 1 amide bonds. The molecule has 0 spiro atoms. The maximum absolute atomic E-state index is 12.4. The summed E-state index contributed by atoms with van der Waals surface area (Å²) in [6.07, 6.45) is 1.94. The Labute approximate surface area is 120 Å². The van der Waals surface area contributed by atoms with Gasteiger partial charge in [0, 0.05) is 0 Å². The van der Waals surface area contributed by atoms with Gasteiger partial charge in [-0.3, -0.25) is 4.79 Å². The van der Waals surface area contributed by atoms with Crippen molar-refractivity contribution in [1.29, 1.82) is 0 Å². The van der Waals surface area contributed by atoms with Gasteiger partial charge in [-0.15, -0.1) is 0 Å². The molecule has 0 aliphatic heterocycles. The number of hydrogen-bond donors (Lipinski definition) is 1. The maximum Gasteiger partial charge on any atom is 0.255 e. The van der Waals surface area contributed by atoms with Crippen LogP contribution in [0.5, 0.6) is 0 Å². The van der Waals surface area contributed by atoms with Crippen LogP contribution in [0, 0.1) is 13.8 Å². The molecule has 0 unspecified atom stereocenters. The lowest BCUT2D eigenvalue weighted by Gasteiger charge is -2.18. The first-order valence-corrected chi connectivity index (χ1v) is 7.04. The van der Waals surface area contributed by atoms with Crippen molar-refractivity contribution in [3.05, 3.63) is 59.0 Å². The van der Waals surface area contributed by atoms with E-state index in [9.17, 15) is 4.79 Å². The number of nitrogens with one attached hydrogen (secondary N) is 1. The van der Waals surface area contributed by atoms with E-state index < -0.39 is 0 Å². The molecule has 1 aromatic heterocycles. The van der Waals surface area contributed by atoms with E-state index in [0.29, 0.717) is 11.3 Å². The number of amides is 1. The molecule has 3 nitrogen and oxygen atoms in total. The normalized spacial score (nSPS) is 12.2. The van der Waals surface area contributed by atoms with Gasteiger partial charge in [0.1, 0.15) is 11.5 Å². The average Bonchev–Trinajstić information content (AvgIpc) is 2.78. The highest BCUT2D eigenvalue weighted by Crippen LogP contribution is 2.20. The fourth-order valence-electron chi connectivity index (χ4n) is 2.39. The first-order chi connectivity index (χ1) is 9.61. The SMILES string of the molecule is CCC[C@@H](NC(=O)c1cc(C)oc1C)c1ccccc1. The third-order valence-corrected chi connectivity index (χ3v) is 3.37. The van der Waals surface area contributed by atoms with E-state index in [1.54, 1.807) is 6.07 Å². The van der Waals surface area contributed by atoms with E-state index in [-0.39, 0.29) is 11.9 Å². The number of carbonyl (C=O) groups excluding carboxylic acids is 1. The van der Waals surface area contributed by atoms with Crippen molar-refractivity contribution in [3.8, 4) is 0 Å². The molecule has 0 bridgehead atoms. The molecule has 1 atom stereocenters. The molecule has 0 saturated carbocycles. The number of benzene rings is 1. The molecule has 0 radical (unpaired) electrons. The van der Waals surface area contributed by atoms with Gasteiger partial charge in [-0.2, -0.15) is 0 Å². The first kappa shape index (κ1) is 14.4. The van der Waals surface area contributed by atoms with Gasteiger partial charge in [-0.25, -0.2) is 0 Å². The molecule has 1 heterocycles. The molecule has 0 aliphatic carbocycles. The first-order valence-electron chi connectivity index (χ1n) is 7.04. The van der Waals surface area contributed by atoms with E-state index in [0.717, 1.165) is 24.2 Å². The summed E-state index contributed by atoms with van der Waals surface area (Å²) < 4.78 is 5.42. The topological polar surface area (TPSA) is 42.2 Å². The standard InChI is InChI=1S/C17H21NO2/c1-4-8-16(14-9-6-5-7-10-14)18-17(19)15-11-12(2)20-13(15)3/h5-7,9-11,16H,4,8H2,1-3H3,(H,18,19)/t16-/m1/s1. The van der Waals surface area contributed by atoms with Crippen LogP contribution in [0.3, 0.4) is 0 Å². The van der Waals surface area contributed by atoms with Crippen LogP contribution in [0.25, 0.3) is 0 Å². The zero-order chi connectivity index (χ0) is 14.5. The summed E-state index contributed by atoms with van der Waals surface area (Å²) >= 11 is 0. The maximum atomic E-state index is 12.4. The summed E-state index contributed by atoms with van der Waals surface area (Å²) in [4.78, 5) is 12.4. The van der Waals surface area contributed by atoms with Crippen LogP contribution in [0.4, 0.5) is 0 Å². The van der Waals surface area contributed by atoms with E-state index >= 15 is 0 Å². The van der Waals surface area contributed by atoms with Gasteiger partial charge in [0.25, 0.3) is 5.91 Å². The van der Waals surface area contributed by atoms with Crippen LogP contribution in [-0.2, 0) is 0 Å². The molecule has 0 aliphatic rings. The fourth-order valence-corrected chi connectivity index (χ4v) is 2.39. The highest BCUT2D eigenvalue weighted by Gasteiger charge is 2.18. The molecule has 0 saturated heterocycles. The Balaban J connectivity index is 2.16. The van der Waals surface area contributed by atoms with Crippen LogP contribution < -0.4 is 5.32 Å². The predicted octanol–water partition coefficient (Wildman–Crippen LogP) is 4.17. The number of hydrogen-bond acceptors (Lipinski definition) is 2. The molecule has 1 aromatic carbocycles. The lowest BCUT2D eigenvalue weighted by molar-refractivity contribution is 0.0933. The molecule has 20 heavy (non-hydrogen) atoms. The highest BCUT2D eigenvalue weighted by atomic mass is 16.3. The number of rotatable bonds is 5. The largest absolute Gasteiger partial charge is 0.466 e. The Morgan fingerprint density at radius 2 is 1.95 bits per heavy atom. The van der Waals surface area contributed by atoms with Crippen LogP contribution >= 0.6 is 0 Å². The number of furan rings is 1. The Morgan fingerprint density at radius 1 is 1.25 bits per heavy atom. The summed E-state index contributed by atoms with van der Waals surface area (Å²) in [5, 5.41) is 3.11. The molecular weight excluding hydrogens is 250 g/mol.